The Morgan fingerprint density at radius 3 is 2.44 bits per heavy atom. The maximum Gasteiger partial charge on any atom is 0.291 e. The van der Waals surface area contributed by atoms with Gasteiger partial charge in [0.05, 0.1) is 6.26 Å². The monoisotopic (exact) mass is 431 g/mol. The summed E-state index contributed by atoms with van der Waals surface area (Å²) in [6.07, 6.45) is 3.97. The minimum atomic E-state index is -0.352. The van der Waals surface area contributed by atoms with Crippen molar-refractivity contribution < 1.29 is 14.0 Å². The normalized spacial score (nSPS) is 14.8. The van der Waals surface area contributed by atoms with Crippen LogP contribution >= 0.6 is 0 Å². The molecule has 0 radical (unpaired) electrons. The van der Waals surface area contributed by atoms with Gasteiger partial charge in [0.15, 0.2) is 5.76 Å². The minimum absolute atomic E-state index is 0.221. The zero-order valence-corrected chi connectivity index (χ0v) is 18.6. The smallest absolute Gasteiger partial charge is 0.291 e. The van der Waals surface area contributed by atoms with Crippen molar-refractivity contribution >= 4 is 23.2 Å². The first kappa shape index (κ1) is 21.8. The van der Waals surface area contributed by atoms with Crippen molar-refractivity contribution in [2.24, 2.45) is 5.92 Å². The summed E-state index contributed by atoms with van der Waals surface area (Å²) in [5.41, 5.74) is 3.89. The molecule has 2 N–H and O–H groups in total. The average Bonchev–Trinajstić information content (AvgIpc) is 3.33. The zero-order chi connectivity index (χ0) is 22.5. The molecule has 1 saturated heterocycles. The van der Waals surface area contributed by atoms with E-state index in [2.05, 4.69) is 34.6 Å². The molecule has 3 aromatic rings. The molecule has 1 aliphatic heterocycles. The molecule has 0 bridgehead atoms. The van der Waals surface area contributed by atoms with E-state index in [0.29, 0.717) is 11.3 Å². The number of hydrogen-bond donors (Lipinski definition) is 2. The lowest BCUT2D eigenvalue weighted by Crippen LogP contribution is -2.32. The fourth-order valence-corrected chi connectivity index (χ4v) is 3.86. The van der Waals surface area contributed by atoms with Crippen LogP contribution in [0.5, 0.6) is 0 Å². The lowest BCUT2D eigenvalue weighted by Gasteiger charge is -2.30. The number of amides is 2. The van der Waals surface area contributed by atoms with E-state index in [4.69, 9.17) is 4.42 Å². The van der Waals surface area contributed by atoms with E-state index >= 15 is 0 Å². The van der Waals surface area contributed by atoms with Gasteiger partial charge in [0.25, 0.3) is 11.8 Å². The number of piperidine rings is 1. The molecule has 6 nitrogen and oxygen atoms in total. The molecular formula is C26H29N3O3. The Balaban J connectivity index is 1.37. The third-order valence-electron chi connectivity index (χ3n) is 5.99. The maximum atomic E-state index is 12.8. The standard InChI is InChI=1S/C26H29N3O3/c1-18-11-13-29(14-12-18)17-20-6-9-22(10-7-20)27-25(30)21-8-5-19(2)23(16-21)28-26(31)24-4-3-15-32-24/h3-10,15-16,18H,11-14,17H2,1-2H3,(H,27,30)(H,28,31). The van der Waals surface area contributed by atoms with Crippen LogP contribution in [-0.4, -0.2) is 29.8 Å². The molecule has 0 spiro atoms. The van der Waals surface area contributed by atoms with Gasteiger partial charge in [0.2, 0.25) is 0 Å². The molecule has 1 aliphatic rings. The van der Waals surface area contributed by atoms with E-state index in [1.54, 1.807) is 24.3 Å². The molecule has 2 aromatic carbocycles. The van der Waals surface area contributed by atoms with E-state index < -0.39 is 0 Å². The van der Waals surface area contributed by atoms with Gasteiger partial charge in [0.1, 0.15) is 0 Å². The highest BCUT2D eigenvalue weighted by Gasteiger charge is 2.16. The Morgan fingerprint density at radius 1 is 1.00 bits per heavy atom. The Kier molecular flexibility index (Phi) is 6.71. The van der Waals surface area contributed by atoms with Crippen molar-refractivity contribution in [1.29, 1.82) is 0 Å². The highest BCUT2D eigenvalue weighted by atomic mass is 16.3. The molecule has 32 heavy (non-hydrogen) atoms. The average molecular weight is 432 g/mol. The van der Waals surface area contributed by atoms with Gasteiger partial charge < -0.3 is 15.1 Å². The number of likely N-dealkylation sites (tertiary alicyclic amines) is 1. The highest BCUT2D eigenvalue weighted by Crippen LogP contribution is 2.21. The fraction of sp³-hybridized carbons (Fsp3) is 0.308. The lowest BCUT2D eigenvalue weighted by atomic mass is 9.99. The van der Waals surface area contributed by atoms with Crippen molar-refractivity contribution in [2.75, 3.05) is 23.7 Å². The van der Waals surface area contributed by atoms with Crippen molar-refractivity contribution in [3.05, 3.63) is 83.3 Å². The van der Waals surface area contributed by atoms with Gasteiger partial charge in [-0.3, -0.25) is 14.5 Å². The largest absolute Gasteiger partial charge is 0.459 e. The molecule has 0 aliphatic carbocycles. The number of carbonyl (C=O) groups excluding carboxylic acids is 2. The van der Waals surface area contributed by atoms with Crippen LogP contribution in [0.4, 0.5) is 11.4 Å². The molecule has 2 heterocycles. The number of nitrogens with zero attached hydrogens (tertiary/aromatic N) is 1. The van der Waals surface area contributed by atoms with Gasteiger partial charge in [-0.05, 0) is 86.3 Å². The van der Waals surface area contributed by atoms with Crippen LogP contribution in [-0.2, 0) is 6.54 Å². The van der Waals surface area contributed by atoms with E-state index in [9.17, 15) is 9.59 Å². The number of benzene rings is 2. The summed E-state index contributed by atoms with van der Waals surface area (Å²) in [4.78, 5) is 27.5. The maximum absolute atomic E-state index is 12.8. The van der Waals surface area contributed by atoms with E-state index in [0.717, 1.165) is 36.8 Å². The summed E-state index contributed by atoms with van der Waals surface area (Å²) < 4.78 is 5.13. The fourth-order valence-electron chi connectivity index (χ4n) is 3.86. The molecule has 166 valence electrons. The molecule has 0 unspecified atom stereocenters. The van der Waals surface area contributed by atoms with Crippen LogP contribution in [0.1, 0.15) is 51.8 Å². The summed E-state index contributed by atoms with van der Waals surface area (Å²) in [6.45, 7) is 7.43. The van der Waals surface area contributed by atoms with Gasteiger partial charge in [-0.2, -0.15) is 0 Å². The topological polar surface area (TPSA) is 74.6 Å². The van der Waals surface area contributed by atoms with Gasteiger partial charge in [0, 0.05) is 23.5 Å². The van der Waals surface area contributed by atoms with Crippen LogP contribution in [0.15, 0.2) is 65.3 Å². The third-order valence-corrected chi connectivity index (χ3v) is 5.99. The first-order chi connectivity index (χ1) is 15.5. The molecule has 1 aromatic heterocycles. The minimum Gasteiger partial charge on any atom is -0.459 e. The SMILES string of the molecule is Cc1ccc(C(=O)Nc2ccc(CN3CCC(C)CC3)cc2)cc1NC(=O)c1ccco1. The van der Waals surface area contributed by atoms with Crippen molar-refractivity contribution in [2.45, 2.75) is 33.2 Å². The van der Waals surface area contributed by atoms with Gasteiger partial charge in [-0.25, -0.2) is 0 Å². The second-order valence-corrected chi connectivity index (χ2v) is 8.57. The number of anilines is 2. The van der Waals surface area contributed by atoms with Crippen molar-refractivity contribution in [3.63, 3.8) is 0 Å². The van der Waals surface area contributed by atoms with Crippen LogP contribution in [0.2, 0.25) is 0 Å². The summed E-state index contributed by atoms with van der Waals surface area (Å²) in [7, 11) is 0. The zero-order valence-electron chi connectivity index (χ0n) is 18.6. The number of nitrogens with one attached hydrogen (secondary N) is 2. The summed E-state index contributed by atoms with van der Waals surface area (Å²) >= 11 is 0. The lowest BCUT2D eigenvalue weighted by molar-refractivity contribution is 0.0993. The molecule has 0 atom stereocenters. The molecule has 4 rings (SSSR count). The summed E-state index contributed by atoms with van der Waals surface area (Å²) in [6, 6.07) is 16.5. The van der Waals surface area contributed by atoms with E-state index in [1.807, 2.05) is 25.1 Å². The van der Waals surface area contributed by atoms with E-state index in [-0.39, 0.29) is 17.6 Å². The Hall–Kier alpha value is -3.38. The molecular weight excluding hydrogens is 402 g/mol. The van der Waals surface area contributed by atoms with Crippen LogP contribution < -0.4 is 10.6 Å². The highest BCUT2D eigenvalue weighted by molar-refractivity contribution is 6.07. The van der Waals surface area contributed by atoms with E-state index in [1.165, 1.54) is 24.7 Å². The summed E-state index contributed by atoms with van der Waals surface area (Å²) in [5, 5.41) is 5.74. The van der Waals surface area contributed by atoms with Crippen LogP contribution in [0.3, 0.4) is 0 Å². The predicted octanol–water partition coefficient (Wildman–Crippen LogP) is 5.32. The second-order valence-electron chi connectivity index (χ2n) is 8.57. The van der Waals surface area contributed by atoms with Gasteiger partial charge >= 0.3 is 0 Å². The van der Waals surface area contributed by atoms with Crippen LogP contribution in [0, 0.1) is 12.8 Å². The molecule has 6 heteroatoms. The molecule has 0 saturated carbocycles. The third kappa shape index (κ3) is 5.45. The van der Waals surface area contributed by atoms with Crippen LogP contribution in [0.25, 0.3) is 0 Å². The van der Waals surface area contributed by atoms with Gasteiger partial charge in [-0.1, -0.05) is 25.1 Å². The van der Waals surface area contributed by atoms with Crippen molar-refractivity contribution in [1.82, 2.24) is 4.90 Å². The number of rotatable bonds is 6. The molecule has 2 amide bonds. The summed E-state index contributed by atoms with van der Waals surface area (Å²) in [5.74, 6) is 0.466. The predicted molar refractivity (Wildman–Crippen MR) is 126 cm³/mol. The Morgan fingerprint density at radius 2 is 1.75 bits per heavy atom. The number of furan rings is 1. The number of aryl methyl sites for hydroxylation is 1. The van der Waals surface area contributed by atoms with Crippen molar-refractivity contribution in [3.8, 4) is 0 Å². The second kappa shape index (κ2) is 9.83. The van der Waals surface area contributed by atoms with Gasteiger partial charge in [-0.15, -0.1) is 0 Å². The molecule has 1 fully saturated rings. The number of carbonyl (C=O) groups is 2. The first-order valence-corrected chi connectivity index (χ1v) is 11.1. The first-order valence-electron chi connectivity index (χ1n) is 11.1. The Labute approximate surface area is 188 Å². The quantitative estimate of drug-likeness (QED) is 0.554. The number of hydrogen-bond acceptors (Lipinski definition) is 4. The Bertz CT molecular complexity index is 1070.